The van der Waals surface area contributed by atoms with Crippen molar-refractivity contribution < 1.29 is 9.42 Å². The van der Waals surface area contributed by atoms with Gasteiger partial charge in [0.2, 0.25) is 7.58 Å². The minimum absolute atomic E-state index is 0.719. The SMILES string of the molecule is CCCCCOP(O)SCCCCC. The number of unbranched alkanes of at least 4 members (excludes halogenated alkanes) is 4. The molecule has 4 heteroatoms. The van der Waals surface area contributed by atoms with Crippen molar-refractivity contribution in [3.63, 3.8) is 0 Å². The average molecular weight is 238 g/mol. The molecule has 1 unspecified atom stereocenters. The Morgan fingerprint density at radius 3 is 2.36 bits per heavy atom. The molecule has 0 fully saturated rings. The van der Waals surface area contributed by atoms with Crippen LogP contribution >= 0.6 is 19.0 Å². The van der Waals surface area contributed by atoms with Crippen LogP contribution in [0, 0.1) is 0 Å². The lowest BCUT2D eigenvalue weighted by atomic mass is 10.3. The molecular weight excluding hydrogens is 215 g/mol. The van der Waals surface area contributed by atoms with Crippen molar-refractivity contribution in [2.24, 2.45) is 0 Å². The molecular formula is C10H23O2PS. The lowest BCUT2D eigenvalue weighted by Crippen LogP contribution is -1.88. The summed E-state index contributed by atoms with van der Waals surface area (Å²) in [6.07, 6.45) is 7.16. The van der Waals surface area contributed by atoms with E-state index in [0.717, 1.165) is 18.8 Å². The molecule has 0 aliphatic carbocycles. The van der Waals surface area contributed by atoms with Gasteiger partial charge >= 0.3 is 0 Å². The lowest BCUT2D eigenvalue weighted by Gasteiger charge is -2.09. The van der Waals surface area contributed by atoms with Gasteiger partial charge in [-0.25, -0.2) is 0 Å². The fourth-order valence-corrected chi connectivity index (χ4v) is 3.18. The summed E-state index contributed by atoms with van der Waals surface area (Å²) in [5, 5.41) is 0. The molecule has 14 heavy (non-hydrogen) atoms. The Morgan fingerprint density at radius 2 is 1.71 bits per heavy atom. The van der Waals surface area contributed by atoms with Gasteiger partial charge in [-0.15, -0.1) is 0 Å². The third-order valence-corrected chi connectivity index (χ3v) is 4.52. The first-order valence-corrected chi connectivity index (χ1v) is 8.36. The zero-order chi connectivity index (χ0) is 10.6. The van der Waals surface area contributed by atoms with E-state index in [1.165, 1.54) is 32.1 Å². The molecule has 0 spiro atoms. The summed E-state index contributed by atoms with van der Waals surface area (Å²) in [4.78, 5) is 9.45. The molecule has 0 rings (SSSR count). The first kappa shape index (κ1) is 14.7. The predicted molar refractivity (Wildman–Crippen MR) is 66.6 cm³/mol. The fraction of sp³-hybridized carbons (Fsp3) is 1.00. The van der Waals surface area contributed by atoms with Crippen LogP contribution < -0.4 is 0 Å². The van der Waals surface area contributed by atoms with Gasteiger partial charge in [-0.05, 0) is 12.8 Å². The largest absolute Gasteiger partial charge is 0.342 e. The van der Waals surface area contributed by atoms with Crippen molar-refractivity contribution in [3.05, 3.63) is 0 Å². The van der Waals surface area contributed by atoms with Gasteiger partial charge in [-0.2, -0.15) is 0 Å². The van der Waals surface area contributed by atoms with E-state index in [-0.39, 0.29) is 0 Å². The van der Waals surface area contributed by atoms with Crippen LogP contribution in [0.5, 0.6) is 0 Å². The molecule has 0 aromatic carbocycles. The quantitative estimate of drug-likeness (QED) is 0.453. The first-order chi connectivity index (χ1) is 6.81. The maximum absolute atomic E-state index is 9.45. The molecule has 0 saturated heterocycles. The molecule has 0 radical (unpaired) electrons. The van der Waals surface area contributed by atoms with E-state index in [4.69, 9.17) is 4.52 Å². The molecule has 0 heterocycles. The second kappa shape index (κ2) is 11.8. The molecule has 0 aliphatic heterocycles. The smallest absolute Gasteiger partial charge is 0.235 e. The van der Waals surface area contributed by atoms with Crippen molar-refractivity contribution >= 4 is 19.0 Å². The van der Waals surface area contributed by atoms with Crippen LogP contribution in [0.3, 0.4) is 0 Å². The van der Waals surface area contributed by atoms with Crippen LogP contribution in [0.2, 0.25) is 0 Å². The summed E-state index contributed by atoms with van der Waals surface area (Å²) in [6, 6.07) is 0. The van der Waals surface area contributed by atoms with Gasteiger partial charge < -0.3 is 9.42 Å². The van der Waals surface area contributed by atoms with E-state index in [9.17, 15) is 4.89 Å². The van der Waals surface area contributed by atoms with Gasteiger partial charge in [-0.1, -0.05) is 50.9 Å². The van der Waals surface area contributed by atoms with E-state index < -0.39 is 7.58 Å². The van der Waals surface area contributed by atoms with E-state index >= 15 is 0 Å². The number of hydrogen-bond acceptors (Lipinski definition) is 3. The molecule has 0 aromatic rings. The topological polar surface area (TPSA) is 29.5 Å². The van der Waals surface area contributed by atoms with Crippen LogP contribution in [0.1, 0.15) is 52.4 Å². The van der Waals surface area contributed by atoms with Gasteiger partial charge in [0.15, 0.2) is 0 Å². The Balaban J connectivity index is 3.07. The molecule has 1 N–H and O–H groups in total. The average Bonchev–Trinajstić information content (AvgIpc) is 2.19. The predicted octanol–water partition coefficient (Wildman–Crippen LogP) is 4.34. The van der Waals surface area contributed by atoms with Crippen molar-refractivity contribution in [2.45, 2.75) is 52.4 Å². The Kier molecular flexibility index (Phi) is 12.4. The summed E-state index contributed by atoms with van der Waals surface area (Å²) in [5.74, 6) is 1.03. The molecule has 1 atom stereocenters. The highest BCUT2D eigenvalue weighted by atomic mass is 32.7. The molecule has 0 aromatic heterocycles. The second-order valence-corrected chi connectivity index (χ2v) is 6.43. The maximum atomic E-state index is 9.45. The third-order valence-electron chi connectivity index (χ3n) is 1.90. The maximum Gasteiger partial charge on any atom is 0.235 e. The lowest BCUT2D eigenvalue weighted by molar-refractivity contribution is 0.311. The Bertz CT molecular complexity index is 102. The molecule has 2 nitrogen and oxygen atoms in total. The van der Waals surface area contributed by atoms with Gasteiger partial charge in [-0.3, -0.25) is 0 Å². The standard InChI is InChI=1S/C10H23O2PS/c1-3-5-7-9-12-13(11)14-10-8-6-4-2/h11H,3-10H2,1-2H3. The highest BCUT2D eigenvalue weighted by molar-refractivity contribution is 8.52. The molecule has 0 amide bonds. The van der Waals surface area contributed by atoms with E-state index in [2.05, 4.69) is 13.8 Å². The van der Waals surface area contributed by atoms with E-state index in [1.807, 2.05) is 0 Å². The molecule has 0 aliphatic rings. The van der Waals surface area contributed by atoms with Crippen molar-refractivity contribution in [1.82, 2.24) is 0 Å². The highest BCUT2D eigenvalue weighted by Gasteiger charge is 2.04. The van der Waals surface area contributed by atoms with Gasteiger partial charge in [0.25, 0.3) is 0 Å². The Labute approximate surface area is 93.5 Å². The van der Waals surface area contributed by atoms with Crippen molar-refractivity contribution in [1.29, 1.82) is 0 Å². The minimum atomic E-state index is -1.20. The Hall–Kier alpha value is 0.700. The molecule has 86 valence electrons. The zero-order valence-electron chi connectivity index (χ0n) is 9.37. The van der Waals surface area contributed by atoms with Gasteiger partial charge in [0.05, 0.1) is 6.61 Å². The summed E-state index contributed by atoms with van der Waals surface area (Å²) in [6.45, 7) is 5.08. The van der Waals surface area contributed by atoms with Crippen molar-refractivity contribution in [3.8, 4) is 0 Å². The van der Waals surface area contributed by atoms with Crippen LogP contribution in [0.25, 0.3) is 0 Å². The van der Waals surface area contributed by atoms with E-state index in [0.29, 0.717) is 0 Å². The third kappa shape index (κ3) is 10.8. The summed E-state index contributed by atoms with van der Waals surface area (Å²) in [7, 11) is -1.20. The first-order valence-electron chi connectivity index (χ1n) is 5.56. The summed E-state index contributed by atoms with van der Waals surface area (Å²) < 4.78 is 5.31. The minimum Gasteiger partial charge on any atom is -0.342 e. The molecule has 0 bridgehead atoms. The Morgan fingerprint density at radius 1 is 1.07 bits per heavy atom. The number of hydrogen-bond donors (Lipinski definition) is 1. The normalized spacial score (nSPS) is 13.1. The van der Waals surface area contributed by atoms with Gasteiger partial charge in [0, 0.05) is 5.75 Å². The second-order valence-electron chi connectivity index (χ2n) is 3.32. The van der Waals surface area contributed by atoms with Crippen LogP contribution in [-0.4, -0.2) is 17.3 Å². The summed E-state index contributed by atoms with van der Waals surface area (Å²) >= 11 is 1.57. The zero-order valence-corrected chi connectivity index (χ0v) is 11.1. The monoisotopic (exact) mass is 238 g/mol. The fourth-order valence-electron chi connectivity index (χ4n) is 1.03. The van der Waals surface area contributed by atoms with E-state index in [1.54, 1.807) is 11.4 Å². The van der Waals surface area contributed by atoms with Crippen LogP contribution in [0.4, 0.5) is 0 Å². The molecule has 0 saturated carbocycles. The highest BCUT2D eigenvalue weighted by Crippen LogP contribution is 2.46. The number of rotatable bonds is 10. The van der Waals surface area contributed by atoms with Crippen LogP contribution in [0.15, 0.2) is 0 Å². The van der Waals surface area contributed by atoms with Gasteiger partial charge in [0.1, 0.15) is 0 Å². The summed E-state index contributed by atoms with van der Waals surface area (Å²) in [5.41, 5.74) is 0. The van der Waals surface area contributed by atoms with Crippen LogP contribution in [-0.2, 0) is 4.52 Å². The van der Waals surface area contributed by atoms with Crippen molar-refractivity contribution in [2.75, 3.05) is 12.4 Å².